The summed E-state index contributed by atoms with van der Waals surface area (Å²) in [6.07, 6.45) is -0.149. The number of ether oxygens (including phenoxy) is 2. The number of carbonyl (C=O) groups excluding carboxylic acids is 4. The van der Waals surface area contributed by atoms with Crippen LogP contribution in [0.1, 0.15) is 65.3 Å². The van der Waals surface area contributed by atoms with Crippen LogP contribution in [0.15, 0.2) is 72.4 Å². The van der Waals surface area contributed by atoms with Gasteiger partial charge in [-0.05, 0) is 48.6 Å². The fraction of sp³-hybridized carbons (Fsp3) is 0.432. The molecule has 60 heavy (non-hydrogen) atoms. The summed E-state index contributed by atoms with van der Waals surface area (Å²) < 4.78 is 11.0. The standard InChI is InChI=1S/C44H55N9O6S/c1-26(31-13-15-32(16-14-31)40-28(3)46-25-60-40)47-27(2)36-21-33(58-29(4)54)23-53(36)43(57)41(44(6,7)8)48-39(56)24-51-17-19-52(20-18-51)37-22-35(49-50-42(37)45)34-11-9-10-12-38(34)59-30(5)55/h9-16,22,25-26,33,36,41,47H,2,17-21,23-24H2,1,3-8H3,(H2,45,50)(H,48,56)/t26-,33+,36-,41?/m0/s1. The minimum Gasteiger partial charge on any atom is -0.461 e. The highest BCUT2D eigenvalue weighted by Gasteiger charge is 2.44. The third-order valence-electron chi connectivity index (χ3n) is 10.8. The Hall–Kier alpha value is -5.87. The van der Waals surface area contributed by atoms with Gasteiger partial charge >= 0.3 is 11.9 Å². The Bertz CT molecular complexity index is 2210. The lowest BCUT2D eigenvalue weighted by Gasteiger charge is -2.38. The Labute approximate surface area is 355 Å². The molecular formula is C44H55N9O6S. The molecule has 16 heteroatoms. The van der Waals surface area contributed by atoms with Gasteiger partial charge in [0.25, 0.3) is 0 Å². The maximum Gasteiger partial charge on any atom is 0.308 e. The quantitative estimate of drug-likeness (QED) is 0.119. The van der Waals surface area contributed by atoms with E-state index in [-0.39, 0.29) is 36.8 Å². The predicted molar refractivity (Wildman–Crippen MR) is 232 cm³/mol. The number of piperazine rings is 1. The molecule has 0 saturated carbocycles. The number of hydrogen-bond donors (Lipinski definition) is 3. The van der Waals surface area contributed by atoms with Crippen molar-refractivity contribution in [2.75, 3.05) is 49.9 Å². The molecule has 2 aliphatic rings. The van der Waals surface area contributed by atoms with E-state index in [0.717, 1.165) is 21.7 Å². The molecule has 2 amide bonds. The van der Waals surface area contributed by atoms with Crippen LogP contribution in [0.2, 0.25) is 0 Å². The normalized spacial score (nSPS) is 18.1. The third kappa shape index (κ3) is 10.5. The summed E-state index contributed by atoms with van der Waals surface area (Å²) in [7, 11) is 0. The number of carbonyl (C=O) groups is 4. The minimum atomic E-state index is -0.867. The lowest BCUT2D eigenvalue weighted by atomic mass is 9.85. The molecule has 4 heterocycles. The van der Waals surface area contributed by atoms with Crippen LogP contribution in [0, 0.1) is 12.3 Å². The number of hydrogen-bond acceptors (Lipinski definition) is 14. The summed E-state index contributed by atoms with van der Waals surface area (Å²) >= 11 is 1.61. The van der Waals surface area contributed by atoms with Gasteiger partial charge < -0.3 is 35.6 Å². The number of aryl methyl sites for hydroxylation is 1. The monoisotopic (exact) mass is 837 g/mol. The first-order valence-corrected chi connectivity index (χ1v) is 21.0. The van der Waals surface area contributed by atoms with Gasteiger partial charge in [-0.2, -0.15) is 0 Å². The zero-order valence-corrected chi connectivity index (χ0v) is 36.2. The van der Waals surface area contributed by atoms with Crippen LogP contribution in [0.4, 0.5) is 11.5 Å². The Kier molecular flexibility index (Phi) is 13.5. The van der Waals surface area contributed by atoms with E-state index in [1.807, 2.05) is 57.2 Å². The summed E-state index contributed by atoms with van der Waals surface area (Å²) in [6, 6.07) is 15.7. The van der Waals surface area contributed by atoms with Crippen molar-refractivity contribution in [1.82, 2.24) is 35.6 Å². The van der Waals surface area contributed by atoms with Crippen LogP contribution >= 0.6 is 11.3 Å². The summed E-state index contributed by atoms with van der Waals surface area (Å²) in [4.78, 5) is 63.4. The molecule has 0 spiro atoms. The van der Waals surface area contributed by atoms with Crippen LogP contribution in [0.25, 0.3) is 21.7 Å². The SMILES string of the molecule is C=C(N[C@@H](C)c1ccc(-c2scnc2C)cc1)[C@@H]1C[C@@H](OC(C)=O)CN1C(=O)C(NC(=O)CN1CCN(c2cc(-c3ccccc3OC(C)=O)nnc2N)CC1)C(C)(C)C. The van der Waals surface area contributed by atoms with Crippen molar-refractivity contribution < 1.29 is 28.7 Å². The van der Waals surface area contributed by atoms with Crippen LogP contribution in [0.3, 0.4) is 0 Å². The van der Waals surface area contributed by atoms with Crippen LogP contribution in [0.5, 0.6) is 5.75 Å². The lowest BCUT2D eigenvalue weighted by molar-refractivity contribution is -0.147. The predicted octanol–water partition coefficient (Wildman–Crippen LogP) is 5.13. The number of esters is 2. The number of nitrogen functional groups attached to an aromatic ring is 1. The topological polar surface area (TPSA) is 185 Å². The lowest BCUT2D eigenvalue weighted by Crippen LogP contribution is -2.58. The summed E-state index contributed by atoms with van der Waals surface area (Å²) in [5.41, 5.74) is 13.1. The molecule has 318 valence electrons. The van der Waals surface area contributed by atoms with E-state index in [4.69, 9.17) is 15.2 Å². The van der Waals surface area contributed by atoms with E-state index < -0.39 is 35.5 Å². The number of para-hydroxylation sites is 1. The number of thiazole rings is 1. The molecule has 2 aliphatic heterocycles. The highest BCUT2D eigenvalue weighted by atomic mass is 32.1. The molecular weight excluding hydrogens is 783 g/mol. The van der Waals surface area contributed by atoms with Crippen molar-refractivity contribution in [3.8, 4) is 27.4 Å². The van der Waals surface area contributed by atoms with Crippen LogP contribution in [-0.4, -0.2) is 106 Å². The average molecular weight is 838 g/mol. The van der Waals surface area contributed by atoms with Gasteiger partial charge in [-0.3, -0.25) is 24.1 Å². The van der Waals surface area contributed by atoms with E-state index in [2.05, 4.69) is 61.6 Å². The first-order valence-electron chi connectivity index (χ1n) is 20.1. The number of rotatable bonds is 13. The van der Waals surface area contributed by atoms with Gasteiger partial charge in [0, 0.05) is 63.7 Å². The number of aromatic nitrogens is 3. The molecule has 0 bridgehead atoms. The number of nitrogens with zero attached hydrogens (tertiary/aromatic N) is 6. The van der Waals surface area contributed by atoms with Gasteiger partial charge in [0.05, 0.1) is 46.6 Å². The van der Waals surface area contributed by atoms with E-state index in [9.17, 15) is 19.2 Å². The van der Waals surface area contributed by atoms with Gasteiger partial charge in [0.2, 0.25) is 11.8 Å². The van der Waals surface area contributed by atoms with E-state index in [1.165, 1.54) is 13.8 Å². The fourth-order valence-electron chi connectivity index (χ4n) is 7.72. The van der Waals surface area contributed by atoms with Crippen molar-refractivity contribution in [3.05, 3.63) is 83.6 Å². The van der Waals surface area contributed by atoms with E-state index in [1.54, 1.807) is 34.4 Å². The second kappa shape index (κ2) is 18.6. The van der Waals surface area contributed by atoms with Crippen LogP contribution < -0.4 is 26.0 Å². The second-order valence-corrected chi connectivity index (χ2v) is 17.3. The molecule has 6 rings (SSSR count). The molecule has 4 aromatic rings. The van der Waals surface area contributed by atoms with Gasteiger partial charge in [0.1, 0.15) is 17.9 Å². The summed E-state index contributed by atoms with van der Waals surface area (Å²) in [5.74, 6) is -0.777. The zero-order valence-electron chi connectivity index (χ0n) is 35.4. The van der Waals surface area contributed by atoms with Crippen molar-refractivity contribution in [2.24, 2.45) is 5.41 Å². The molecule has 15 nitrogen and oxygen atoms in total. The maximum atomic E-state index is 14.6. The van der Waals surface area contributed by atoms with Gasteiger partial charge in [-0.25, -0.2) is 4.98 Å². The Morgan fingerprint density at radius 3 is 2.32 bits per heavy atom. The zero-order chi connectivity index (χ0) is 43.3. The average Bonchev–Trinajstić information content (AvgIpc) is 3.83. The summed E-state index contributed by atoms with van der Waals surface area (Å²) in [6.45, 7) is 19.3. The van der Waals surface area contributed by atoms with Crippen LogP contribution in [-0.2, 0) is 23.9 Å². The fourth-order valence-corrected chi connectivity index (χ4v) is 8.53. The van der Waals surface area contributed by atoms with Crippen molar-refractivity contribution >= 4 is 46.6 Å². The largest absolute Gasteiger partial charge is 0.461 e. The van der Waals surface area contributed by atoms with Gasteiger partial charge in [-0.15, -0.1) is 21.5 Å². The maximum absolute atomic E-state index is 14.6. The number of amides is 2. The second-order valence-electron chi connectivity index (χ2n) is 16.5. The highest BCUT2D eigenvalue weighted by Crippen LogP contribution is 2.34. The molecule has 2 aromatic carbocycles. The first kappa shape index (κ1) is 43.7. The van der Waals surface area contributed by atoms with E-state index in [0.29, 0.717) is 61.0 Å². The molecule has 2 fully saturated rings. The third-order valence-corrected chi connectivity index (χ3v) is 11.8. The molecule has 2 saturated heterocycles. The molecule has 4 N–H and O–H groups in total. The number of nitrogens with one attached hydrogen (secondary N) is 2. The Morgan fingerprint density at radius 2 is 1.68 bits per heavy atom. The van der Waals surface area contributed by atoms with Crippen molar-refractivity contribution in [2.45, 2.75) is 79.1 Å². The van der Waals surface area contributed by atoms with Crippen molar-refractivity contribution in [1.29, 1.82) is 0 Å². The van der Waals surface area contributed by atoms with Gasteiger partial charge in [0.15, 0.2) is 5.82 Å². The molecule has 4 atom stereocenters. The molecule has 0 aliphatic carbocycles. The van der Waals surface area contributed by atoms with Gasteiger partial charge in [-0.1, -0.05) is 63.7 Å². The van der Waals surface area contributed by atoms with E-state index >= 15 is 0 Å². The molecule has 0 radical (unpaired) electrons. The number of anilines is 2. The number of benzene rings is 2. The first-order chi connectivity index (χ1) is 28.5. The number of nitrogens with two attached hydrogens (primary N) is 1. The smallest absolute Gasteiger partial charge is 0.308 e. The minimum absolute atomic E-state index is 0.0887. The molecule has 2 aromatic heterocycles. The Balaban J connectivity index is 1.09. The highest BCUT2D eigenvalue weighted by molar-refractivity contribution is 7.13. The Morgan fingerprint density at radius 1 is 0.983 bits per heavy atom. The number of likely N-dealkylation sites (tertiary alicyclic amines) is 1. The van der Waals surface area contributed by atoms with Crippen molar-refractivity contribution in [3.63, 3.8) is 0 Å². The summed E-state index contributed by atoms with van der Waals surface area (Å²) in [5, 5.41) is 15.0. The molecule has 1 unspecified atom stereocenters.